The molecule has 0 amide bonds. The number of aromatic nitrogens is 1. The highest BCUT2D eigenvalue weighted by Gasteiger charge is 2.34. The summed E-state index contributed by atoms with van der Waals surface area (Å²) in [5.41, 5.74) is 1.75. The summed E-state index contributed by atoms with van der Waals surface area (Å²) >= 11 is 0. The number of pyridine rings is 1. The van der Waals surface area contributed by atoms with Crippen molar-refractivity contribution in [3.05, 3.63) is 30.1 Å². The van der Waals surface area contributed by atoms with Gasteiger partial charge in [0, 0.05) is 19.3 Å². The second kappa shape index (κ2) is 4.75. The van der Waals surface area contributed by atoms with Crippen LogP contribution in [0.1, 0.15) is 38.3 Å². The molecule has 1 aliphatic rings. The van der Waals surface area contributed by atoms with Crippen molar-refractivity contribution in [2.24, 2.45) is 5.41 Å². The first-order valence-electron chi connectivity index (χ1n) is 5.95. The lowest BCUT2D eigenvalue weighted by molar-refractivity contribution is 0.123. The van der Waals surface area contributed by atoms with Gasteiger partial charge in [0.05, 0.1) is 5.69 Å². The molecule has 1 aromatic rings. The molecular weight excluding hydrogens is 184 g/mol. The minimum Gasteiger partial charge on any atom is -0.311 e. The zero-order valence-corrected chi connectivity index (χ0v) is 9.50. The fourth-order valence-electron chi connectivity index (χ4n) is 2.29. The maximum atomic E-state index is 4.31. The van der Waals surface area contributed by atoms with E-state index in [-0.39, 0.29) is 0 Å². The largest absolute Gasteiger partial charge is 0.311 e. The molecular formula is C13H20N2. The van der Waals surface area contributed by atoms with E-state index in [0.717, 1.165) is 18.8 Å². The third kappa shape index (κ3) is 2.57. The molecule has 0 atom stereocenters. The van der Waals surface area contributed by atoms with Gasteiger partial charge in [-0.25, -0.2) is 0 Å². The lowest BCUT2D eigenvalue weighted by Crippen LogP contribution is -2.39. The molecule has 15 heavy (non-hydrogen) atoms. The average molecular weight is 204 g/mol. The summed E-state index contributed by atoms with van der Waals surface area (Å²) in [7, 11) is 0. The number of hydrogen-bond donors (Lipinski definition) is 1. The van der Waals surface area contributed by atoms with E-state index >= 15 is 0 Å². The summed E-state index contributed by atoms with van der Waals surface area (Å²) in [6.07, 6.45) is 7.38. The van der Waals surface area contributed by atoms with Crippen LogP contribution in [0.5, 0.6) is 0 Å². The van der Waals surface area contributed by atoms with Gasteiger partial charge in [0.15, 0.2) is 0 Å². The van der Waals surface area contributed by atoms with E-state index in [1.807, 2.05) is 18.3 Å². The van der Waals surface area contributed by atoms with Crippen LogP contribution >= 0.6 is 0 Å². The van der Waals surface area contributed by atoms with E-state index in [1.165, 1.54) is 25.7 Å². The van der Waals surface area contributed by atoms with Gasteiger partial charge in [-0.15, -0.1) is 0 Å². The van der Waals surface area contributed by atoms with Crippen molar-refractivity contribution < 1.29 is 0 Å². The van der Waals surface area contributed by atoms with E-state index in [1.54, 1.807) is 0 Å². The number of rotatable bonds is 5. The van der Waals surface area contributed by atoms with Crippen molar-refractivity contribution in [1.82, 2.24) is 10.3 Å². The molecule has 0 aliphatic heterocycles. The maximum Gasteiger partial charge on any atom is 0.0541 e. The first-order chi connectivity index (χ1) is 7.35. The Morgan fingerprint density at radius 3 is 2.80 bits per heavy atom. The van der Waals surface area contributed by atoms with Crippen molar-refractivity contribution in [2.75, 3.05) is 6.54 Å². The average Bonchev–Trinajstić information content (AvgIpc) is 2.24. The van der Waals surface area contributed by atoms with Gasteiger partial charge in [0.2, 0.25) is 0 Å². The van der Waals surface area contributed by atoms with Gasteiger partial charge in [0.1, 0.15) is 0 Å². The fourth-order valence-corrected chi connectivity index (χ4v) is 2.29. The van der Waals surface area contributed by atoms with Crippen LogP contribution in [0.3, 0.4) is 0 Å². The van der Waals surface area contributed by atoms with Gasteiger partial charge < -0.3 is 5.32 Å². The standard InChI is InChI=1S/C13H20N2/c1-2-13(7-5-8-13)11-14-10-12-6-3-4-9-15-12/h3-4,6,9,14H,2,5,7-8,10-11H2,1H3. The van der Waals surface area contributed by atoms with Crippen LogP contribution in [0.25, 0.3) is 0 Å². The predicted molar refractivity (Wildman–Crippen MR) is 62.5 cm³/mol. The Labute approximate surface area is 92.1 Å². The van der Waals surface area contributed by atoms with Gasteiger partial charge in [-0.1, -0.05) is 19.4 Å². The van der Waals surface area contributed by atoms with Crippen molar-refractivity contribution in [3.8, 4) is 0 Å². The molecule has 2 nitrogen and oxygen atoms in total. The molecule has 82 valence electrons. The summed E-state index contributed by atoms with van der Waals surface area (Å²) < 4.78 is 0. The van der Waals surface area contributed by atoms with Gasteiger partial charge in [-0.2, -0.15) is 0 Å². The highest BCUT2D eigenvalue weighted by atomic mass is 14.9. The first-order valence-corrected chi connectivity index (χ1v) is 5.95. The van der Waals surface area contributed by atoms with Crippen LogP contribution in [-0.4, -0.2) is 11.5 Å². The van der Waals surface area contributed by atoms with Crippen molar-refractivity contribution in [3.63, 3.8) is 0 Å². The third-order valence-corrected chi connectivity index (χ3v) is 3.70. The minimum absolute atomic E-state index is 0.606. The predicted octanol–water partition coefficient (Wildman–Crippen LogP) is 2.75. The van der Waals surface area contributed by atoms with E-state index in [2.05, 4.69) is 23.3 Å². The maximum absolute atomic E-state index is 4.31. The Balaban J connectivity index is 1.75. The molecule has 1 heterocycles. The van der Waals surface area contributed by atoms with Crippen LogP contribution in [0.15, 0.2) is 24.4 Å². The summed E-state index contributed by atoms with van der Waals surface area (Å²) in [5, 5.41) is 3.53. The SMILES string of the molecule is CCC1(CNCc2ccccn2)CCC1. The van der Waals surface area contributed by atoms with Crippen LogP contribution in [0.4, 0.5) is 0 Å². The van der Waals surface area contributed by atoms with Crippen molar-refractivity contribution in [1.29, 1.82) is 0 Å². The molecule has 1 aliphatic carbocycles. The molecule has 0 aromatic carbocycles. The lowest BCUT2D eigenvalue weighted by atomic mass is 9.67. The number of nitrogens with one attached hydrogen (secondary N) is 1. The van der Waals surface area contributed by atoms with Gasteiger partial charge >= 0.3 is 0 Å². The summed E-state index contributed by atoms with van der Waals surface area (Å²) in [4.78, 5) is 4.31. The molecule has 1 N–H and O–H groups in total. The zero-order valence-electron chi connectivity index (χ0n) is 9.50. The first kappa shape index (κ1) is 10.6. The molecule has 1 fully saturated rings. The quantitative estimate of drug-likeness (QED) is 0.797. The molecule has 1 aromatic heterocycles. The molecule has 0 radical (unpaired) electrons. The number of nitrogens with zero attached hydrogens (tertiary/aromatic N) is 1. The molecule has 0 spiro atoms. The molecule has 1 saturated carbocycles. The second-order valence-electron chi connectivity index (χ2n) is 4.63. The third-order valence-electron chi connectivity index (χ3n) is 3.70. The number of hydrogen-bond acceptors (Lipinski definition) is 2. The van der Waals surface area contributed by atoms with Crippen LogP contribution < -0.4 is 5.32 Å². The van der Waals surface area contributed by atoms with Gasteiger partial charge in [0.25, 0.3) is 0 Å². The Bertz CT molecular complexity index is 285. The second-order valence-corrected chi connectivity index (χ2v) is 4.63. The fraction of sp³-hybridized carbons (Fsp3) is 0.615. The van der Waals surface area contributed by atoms with Crippen LogP contribution in [0, 0.1) is 5.41 Å². The molecule has 0 bridgehead atoms. The minimum atomic E-state index is 0.606. The van der Waals surface area contributed by atoms with E-state index in [9.17, 15) is 0 Å². The van der Waals surface area contributed by atoms with Crippen molar-refractivity contribution >= 4 is 0 Å². The smallest absolute Gasteiger partial charge is 0.0541 e. The lowest BCUT2D eigenvalue weighted by Gasteiger charge is -2.41. The van der Waals surface area contributed by atoms with Gasteiger partial charge in [-0.3, -0.25) is 4.98 Å². The summed E-state index contributed by atoms with van der Waals surface area (Å²) in [5.74, 6) is 0. The van der Waals surface area contributed by atoms with Gasteiger partial charge in [-0.05, 0) is 36.8 Å². The highest BCUT2D eigenvalue weighted by Crippen LogP contribution is 2.42. The summed E-state index contributed by atoms with van der Waals surface area (Å²) in [6, 6.07) is 6.08. The topological polar surface area (TPSA) is 24.9 Å². The van der Waals surface area contributed by atoms with E-state index in [0.29, 0.717) is 5.41 Å². The highest BCUT2D eigenvalue weighted by molar-refractivity contribution is 5.03. The monoisotopic (exact) mass is 204 g/mol. The molecule has 2 rings (SSSR count). The summed E-state index contributed by atoms with van der Waals surface area (Å²) in [6.45, 7) is 4.37. The molecule has 0 unspecified atom stereocenters. The van der Waals surface area contributed by atoms with Crippen molar-refractivity contribution in [2.45, 2.75) is 39.2 Å². The zero-order chi connectivity index (χ0) is 10.6. The molecule has 0 saturated heterocycles. The molecule has 2 heteroatoms. The van der Waals surface area contributed by atoms with E-state index < -0.39 is 0 Å². The van der Waals surface area contributed by atoms with Crippen LogP contribution in [0.2, 0.25) is 0 Å². The van der Waals surface area contributed by atoms with E-state index in [4.69, 9.17) is 0 Å². The normalized spacial score (nSPS) is 18.5. The Kier molecular flexibility index (Phi) is 3.37. The Morgan fingerprint density at radius 2 is 2.27 bits per heavy atom. The Morgan fingerprint density at radius 1 is 1.40 bits per heavy atom. The van der Waals surface area contributed by atoms with Crippen LogP contribution in [-0.2, 0) is 6.54 Å². The Hall–Kier alpha value is -0.890.